The van der Waals surface area contributed by atoms with Crippen molar-refractivity contribution in [2.24, 2.45) is 0 Å². The molecule has 3 aromatic heterocycles. The predicted molar refractivity (Wildman–Crippen MR) is 89.3 cm³/mol. The van der Waals surface area contributed by atoms with E-state index in [1.54, 1.807) is 21.9 Å². The molecule has 0 saturated heterocycles. The zero-order valence-corrected chi connectivity index (χ0v) is 13.0. The Hall–Kier alpha value is -2.80. The monoisotopic (exact) mass is 323 g/mol. The van der Waals surface area contributed by atoms with Gasteiger partial charge >= 0.3 is 0 Å². The second kappa shape index (κ2) is 5.77. The molecule has 0 atom stereocenters. The fraction of sp³-hybridized carbons (Fsp3) is 0.125. The highest BCUT2D eigenvalue weighted by atomic mass is 32.1. The summed E-state index contributed by atoms with van der Waals surface area (Å²) >= 11 is 1.48. The van der Waals surface area contributed by atoms with Crippen LogP contribution in [0, 0.1) is 0 Å². The molecule has 0 saturated carbocycles. The van der Waals surface area contributed by atoms with Crippen LogP contribution in [-0.2, 0) is 13.1 Å². The van der Waals surface area contributed by atoms with Gasteiger partial charge in [-0.3, -0.25) is 14.0 Å². The van der Waals surface area contributed by atoms with Gasteiger partial charge in [0.25, 0.3) is 5.56 Å². The van der Waals surface area contributed by atoms with Crippen LogP contribution in [0.25, 0.3) is 20.7 Å². The van der Waals surface area contributed by atoms with Crippen LogP contribution in [0.2, 0.25) is 0 Å². The van der Waals surface area contributed by atoms with Crippen LogP contribution in [0.1, 0.15) is 0 Å². The van der Waals surface area contributed by atoms with Crippen molar-refractivity contribution in [2.75, 3.05) is 0 Å². The molecule has 1 aromatic carbocycles. The predicted octanol–water partition coefficient (Wildman–Crippen LogP) is 2.42. The van der Waals surface area contributed by atoms with Crippen LogP contribution in [0.5, 0.6) is 0 Å². The molecule has 0 bridgehead atoms. The van der Waals surface area contributed by atoms with Crippen LogP contribution in [0.15, 0.2) is 60.2 Å². The molecule has 0 unspecified atom stereocenters. The van der Waals surface area contributed by atoms with Gasteiger partial charge in [0.05, 0.1) is 18.4 Å². The first-order chi connectivity index (χ1) is 11.3. The van der Waals surface area contributed by atoms with Crippen LogP contribution in [0.4, 0.5) is 0 Å². The molecule has 7 heteroatoms. The van der Waals surface area contributed by atoms with E-state index in [0.717, 1.165) is 16.0 Å². The van der Waals surface area contributed by atoms with Gasteiger partial charge in [0.15, 0.2) is 0 Å². The van der Waals surface area contributed by atoms with Gasteiger partial charge in [0.1, 0.15) is 17.4 Å². The van der Waals surface area contributed by atoms with E-state index < -0.39 is 0 Å². The summed E-state index contributed by atoms with van der Waals surface area (Å²) in [5.41, 5.74) is 1.84. The van der Waals surface area contributed by atoms with Gasteiger partial charge in [0, 0.05) is 11.4 Å². The Kier molecular flexibility index (Phi) is 3.47. The lowest BCUT2D eigenvalue weighted by Gasteiger charge is -2.04. The number of rotatable bonds is 4. The molecule has 0 amide bonds. The summed E-state index contributed by atoms with van der Waals surface area (Å²) in [5, 5.41) is 4.04. The number of nitrogens with zero attached hydrogens (tertiary/aromatic N) is 5. The van der Waals surface area contributed by atoms with Crippen molar-refractivity contribution in [1.82, 2.24) is 24.3 Å². The summed E-state index contributed by atoms with van der Waals surface area (Å²) in [5.74, 6) is 0. The van der Waals surface area contributed by atoms with Crippen LogP contribution in [-0.4, -0.2) is 24.3 Å². The summed E-state index contributed by atoms with van der Waals surface area (Å²) in [6, 6.07) is 12.0. The second-order valence-corrected chi connectivity index (χ2v) is 6.14. The van der Waals surface area contributed by atoms with E-state index in [1.807, 2.05) is 36.4 Å². The zero-order valence-electron chi connectivity index (χ0n) is 12.2. The van der Waals surface area contributed by atoms with Crippen molar-refractivity contribution in [2.45, 2.75) is 13.1 Å². The minimum Gasteiger partial charge on any atom is -0.296 e. The first-order valence-corrected chi connectivity index (χ1v) is 8.00. The van der Waals surface area contributed by atoms with Gasteiger partial charge in [-0.15, -0.1) is 11.3 Å². The average Bonchev–Trinajstić information content (AvgIpc) is 3.25. The third kappa shape index (κ3) is 2.66. The van der Waals surface area contributed by atoms with E-state index in [0.29, 0.717) is 17.8 Å². The van der Waals surface area contributed by atoms with Crippen molar-refractivity contribution in [3.63, 3.8) is 0 Å². The topological polar surface area (TPSA) is 65.6 Å². The molecule has 23 heavy (non-hydrogen) atoms. The standard InChI is InChI=1S/C16H13N5OS/c22-16-15-13(8-14(23-15)12-4-2-1-3-5-12)18-11-20(16)6-7-21-10-17-9-19-21/h1-5,8-11H,6-7H2. The number of hydrogen-bond acceptors (Lipinski definition) is 5. The van der Waals surface area contributed by atoms with Crippen molar-refractivity contribution in [1.29, 1.82) is 0 Å². The Balaban J connectivity index is 1.69. The van der Waals surface area contributed by atoms with Crippen LogP contribution in [0.3, 0.4) is 0 Å². The minimum absolute atomic E-state index is 0.0118. The molecule has 0 aliphatic carbocycles. The Morgan fingerprint density at radius 1 is 1.09 bits per heavy atom. The largest absolute Gasteiger partial charge is 0.296 e. The molecular formula is C16H13N5OS. The molecule has 0 radical (unpaired) electrons. The van der Waals surface area contributed by atoms with E-state index in [2.05, 4.69) is 15.1 Å². The molecule has 3 heterocycles. The highest BCUT2D eigenvalue weighted by Gasteiger charge is 2.10. The molecule has 4 aromatic rings. The molecule has 4 rings (SSSR count). The van der Waals surface area contributed by atoms with Gasteiger partial charge in [0.2, 0.25) is 0 Å². The SMILES string of the molecule is O=c1c2sc(-c3ccccc3)cc2ncn1CCn1cncn1. The molecule has 0 aliphatic heterocycles. The van der Waals surface area contributed by atoms with Gasteiger partial charge in [-0.05, 0) is 11.6 Å². The highest BCUT2D eigenvalue weighted by Crippen LogP contribution is 2.30. The van der Waals surface area contributed by atoms with E-state index in [-0.39, 0.29) is 5.56 Å². The number of aryl methyl sites for hydroxylation is 2. The first-order valence-electron chi connectivity index (χ1n) is 7.18. The lowest BCUT2D eigenvalue weighted by molar-refractivity contribution is 0.521. The van der Waals surface area contributed by atoms with Crippen molar-refractivity contribution >= 4 is 21.6 Å². The maximum absolute atomic E-state index is 12.6. The normalized spacial score (nSPS) is 11.1. The number of hydrogen-bond donors (Lipinski definition) is 0. The van der Waals surface area contributed by atoms with Crippen LogP contribution < -0.4 is 5.56 Å². The van der Waals surface area contributed by atoms with Crippen molar-refractivity contribution in [3.8, 4) is 10.4 Å². The Morgan fingerprint density at radius 2 is 1.96 bits per heavy atom. The van der Waals surface area contributed by atoms with Crippen molar-refractivity contribution < 1.29 is 0 Å². The van der Waals surface area contributed by atoms with Gasteiger partial charge in [-0.2, -0.15) is 5.10 Å². The molecular weight excluding hydrogens is 310 g/mol. The average molecular weight is 323 g/mol. The summed E-state index contributed by atoms with van der Waals surface area (Å²) in [4.78, 5) is 22.0. The molecule has 6 nitrogen and oxygen atoms in total. The molecule has 0 N–H and O–H groups in total. The first kappa shape index (κ1) is 13.8. The smallest absolute Gasteiger partial charge is 0.271 e. The fourth-order valence-corrected chi connectivity index (χ4v) is 3.47. The van der Waals surface area contributed by atoms with Crippen molar-refractivity contribution in [3.05, 3.63) is 65.7 Å². The maximum Gasteiger partial charge on any atom is 0.271 e. The molecule has 114 valence electrons. The molecule has 0 aliphatic rings. The fourth-order valence-electron chi connectivity index (χ4n) is 2.41. The number of aromatic nitrogens is 5. The maximum atomic E-state index is 12.6. The van der Waals surface area contributed by atoms with E-state index in [1.165, 1.54) is 17.7 Å². The Morgan fingerprint density at radius 3 is 2.74 bits per heavy atom. The second-order valence-electron chi connectivity index (χ2n) is 5.09. The third-order valence-electron chi connectivity index (χ3n) is 3.60. The molecule has 0 spiro atoms. The summed E-state index contributed by atoms with van der Waals surface area (Å²) in [7, 11) is 0. The van der Waals surface area contributed by atoms with Gasteiger partial charge < -0.3 is 0 Å². The van der Waals surface area contributed by atoms with Gasteiger partial charge in [-0.25, -0.2) is 9.97 Å². The number of thiophene rings is 1. The number of fused-ring (bicyclic) bond motifs is 1. The van der Waals surface area contributed by atoms with E-state index in [4.69, 9.17) is 0 Å². The molecule has 0 fully saturated rings. The summed E-state index contributed by atoms with van der Waals surface area (Å²) in [6.07, 6.45) is 4.72. The van der Waals surface area contributed by atoms with E-state index in [9.17, 15) is 4.79 Å². The van der Waals surface area contributed by atoms with Crippen LogP contribution >= 0.6 is 11.3 Å². The highest BCUT2D eigenvalue weighted by molar-refractivity contribution is 7.22. The quantitative estimate of drug-likeness (QED) is 0.578. The lowest BCUT2D eigenvalue weighted by atomic mass is 10.2. The van der Waals surface area contributed by atoms with E-state index >= 15 is 0 Å². The third-order valence-corrected chi connectivity index (χ3v) is 4.76. The Bertz CT molecular complexity index is 988. The lowest BCUT2D eigenvalue weighted by Crippen LogP contribution is -2.22. The summed E-state index contributed by atoms with van der Waals surface area (Å²) in [6.45, 7) is 1.10. The zero-order chi connectivity index (χ0) is 15.6. The van der Waals surface area contributed by atoms with Gasteiger partial charge in [-0.1, -0.05) is 30.3 Å². The number of benzene rings is 1. The Labute approximate surface area is 135 Å². The summed E-state index contributed by atoms with van der Waals surface area (Å²) < 4.78 is 4.00. The minimum atomic E-state index is -0.0118.